The summed E-state index contributed by atoms with van der Waals surface area (Å²) in [5.74, 6) is 0. The Balaban J connectivity index is 3.86. The first-order valence-corrected chi connectivity index (χ1v) is 5.24. The second-order valence-corrected chi connectivity index (χ2v) is 5.11. The molecule has 0 aromatic rings. The van der Waals surface area contributed by atoms with Gasteiger partial charge in [-0.2, -0.15) is 0 Å². The van der Waals surface area contributed by atoms with Crippen molar-refractivity contribution in [2.24, 2.45) is 0 Å². The molecule has 0 aliphatic heterocycles. The molecule has 0 aromatic heterocycles. The van der Waals surface area contributed by atoms with Crippen molar-refractivity contribution >= 4 is 24.5 Å². The van der Waals surface area contributed by atoms with Crippen LogP contribution in [0, 0.1) is 5.41 Å². The van der Waals surface area contributed by atoms with E-state index in [9.17, 15) is 0 Å². The summed E-state index contributed by atoms with van der Waals surface area (Å²) in [5.41, 5.74) is 0. The van der Waals surface area contributed by atoms with Crippen LogP contribution in [0.4, 0.5) is 0 Å². The third-order valence-corrected chi connectivity index (χ3v) is 2.02. The summed E-state index contributed by atoms with van der Waals surface area (Å²) < 4.78 is 0. The molecule has 4 N–H and O–H groups in total. The van der Waals surface area contributed by atoms with Gasteiger partial charge < -0.3 is 15.2 Å². The van der Waals surface area contributed by atoms with Gasteiger partial charge in [0.2, 0.25) is 0 Å². The Morgan fingerprint density at radius 3 is 2.30 bits per heavy atom. The van der Waals surface area contributed by atoms with Gasteiger partial charge in [0, 0.05) is 6.21 Å². The average Bonchev–Trinajstić information content (AvgIpc) is 1.81. The molecular formula is C3H8NO4PS. The van der Waals surface area contributed by atoms with Crippen molar-refractivity contribution in [2.75, 3.05) is 6.16 Å². The Hall–Kier alpha value is 0.160. The van der Waals surface area contributed by atoms with Crippen LogP contribution in [-0.2, 0) is 16.7 Å². The zero-order valence-electron chi connectivity index (χ0n) is 4.97. The average molecular weight is 185 g/mol. The molecule has 10 heavy (non-hydrogen) atoms. The molecule has 0 bridgehead atoms. The molecule has 1 unspecified atom stereocenters. The van der Waals surface area contributed by atoms with Crippen LogP contribution in [0.5, 0.6) is 0 Å². The molecule has 7 heteroatoms. The fourth-order valence-corrected chi connectivity index (χ4v) is 1.43. The van der Waals surface area contributed by atoms with Crippen LogP contribution in [0.3, 0.4) is 0 Å². The topological polar surface area (TPSA) is 93.8 Å². The largest absolute Gasteiger partial charge is 0.345 e. The molecule has 0 saturated carbocycles. The molecule has 60 valence electrons. The minimum absolute atomic E-state index is 0.303. The van der Waals surface area contributed by atoms with Crippen molar-refractivity contribution in [3.05, 3.63) is 0 Å². The van der Waals surface area contributed by atoms with E-state index in [1.54, 1.807) is 0 Å². The van der Waals surface area contributed by atoms with E-state index in [0.29, 0.717) is 0 Å². The SMILES string of the molecule is N=CC(CP(O)(O)=S)OO. The highest BCUT2D eigenvalue weighted by molar-refractivity contribution is 8.09. The monoisotopic (exact) mass is 185 g/mol. The molecule has 0 radical (unpaired) electrons. The van der Waals surface area contributed by atoms with E-state index in [2.05, 4.69) is 16.7 Å². The van der Waals surface area contributed by atoms with Crippen LogP contribution in [0.2, 0.25) is 0 Å². The van der Waals surface area contributed by atoms with E-state index in [1.165, 1.54) is 0 Å². The summed E-state index contributed by atoms with van der Waals surface area (Å²) in [6, 6.07) is 0. The summed E-state index contributed by atoms with van der Waals surface area (Å²) in [6.07, 6.45) is -0.573. The summed E-state index contributed by atoms with van der Waals surface area (Å²) in [7, 11) is 0. The smallest absolute Gasteiger partial charge is 0.186 e. The van der Waals surface area contributed by atoms with Crippen molar-refractivity contribution in [3.8, 4) is 0 Å². The standard InChI is InChI=1S/C3H8NO4PS/c4-1-3(8-5)2-9(6,7)10/h1,3-5H,2H2,(H2,6,7,10). The maximum Gasteiger partial charge on any atom is 0.186 e. The third-order valence-electron chi connectivity index (χ3n) is 0.739. The highest BCUT2D eigenvalue weighted by Crippen LogP contribution is 2.35. The van der Waals surface area contributed by atoms with Crippen molar-refractivity contribution in [3.63, 3.8) is 0 Å². The predicted molar refractivity (Wildman–Crippen MR) is 39.9 cm³/mol. The fourth-order valence-electron chi connectivity index (χ4n) is 0.351. The number of rotatable bonds is 4. The van der Waals surface area contributed by atoms with Crippen molar-refractivity contribution in [2.45, 2.75) is 6.10 Å². The highest BCUT2D eigenvalue weighted by Gasteiger charge is 2.15. The summed E-state index contributed by atoms with van der Waals surface area (Å²) in [6.45, 7) is -3.36. The minimum Gasteiger partial charge on any atom is -0.345 e. The van der Waals surface area contributed by atoms with Crippen LogP contribution >= 0.6 is 6.49 Å². The van der Waals surface area contributed by atoms with E-state index >= 15 is 0 Å². The van der Waals surface area contributed by atoms with Crippen molar-refractivity contribution < 1.29 is 19.9 Å². The molecule has 0 spiro atoms. The van der Waals surface area contributed by atoms with Crippen LogP contribution in [0.25, 0.3) is 0 Å². The Kier molecular flexibility index (Phi) is 4.19. The molecule has 0 amide bonds. The van der Waals surface area contributed by atoms with Gasteiger partial charge in [0.25, 0.3) is 0 Å². The molecule has 0 aromatic carbocycles. The zero-order valence-corrected chi connectivity index (χ0v) is 6.68. The Morgan fingerprint density at radius 1 is 1.70 bits per heavy atom. The molecule has 0 rings (SSSR count). The van der Waals surface area contributed by atoms with Crippen LogP contribution in [0.15, 0.2) is 0 Å². The molecule has 0 aliphatic rings. The number of hydrogen-bond donors (Lipinski definition) is 4. The normalized spacial score (nSPS) is 14.7. The lowest BCUT2D eigenvalue weighted by Crippen LogP contribution is -2.17. The fraction of sp³-hybridized carbons (Fsp3) is 0.667. The Morgan fingerprint density at radius 2 is 2.20 bits per heavy atom. The maximum absolute atomic E-state index is 8.64. The van der Waals surface area contributed by atoms with Crippen molar-refractivity contribution in [1.82, 2.24) is 0 Å². The summed E-state index contributed by atoms with van der Waals surface area (Å²) >= 11 is 4.22. The lowest BCUT2D eigenvalue weighted by atomic mass is 10.5. The molecule has 0 aliphatic carbocycles. The number of nitrogens with one attached hydrogen (secondary N) is 1. The lowest BCUT2D eigenvalue weighted by molar-refractivity contribution is -0.254. The van der Waals surface area contributed by atoms with E-state index in [4.69, 9.17) is 20.5 Å². The molecule has 1 atom stereocenters. The second-order valence-electron chi connectivity index (χ2n) is 1.66. The third kappa shape index (κ3) is 4.99. The molecular weight excluding hydrogens is 177 g/mol. The van der Waals surface area contributed by atoms with Gasteiger partial charge in [-0.3, -0.25) is 5.26 Å². The molecule has 0 saturated heterocycles. The van der Waals surface area contributed by atoms with Crippen molar-refractivity contribution in [1.29, 1.82) is 5.41 Å². The Bertz CT molecular complexity index is 157. The van der Waals surface area contributed by atoms with Gasteiger partial charge in [0.15, 0.2) is 6.49 Å². The van der Waals surface area contributed by atoms with Crippen LogP contribution in [-0.4, -0.2) is 33.5 Å². The van der Waals surface area contributed by atoms with Crippen LogP contribution in [0.1, 0.15) is 0 Å². The molecule has 5 nitrogen and oxygen atoms in total. The van der Waals surface area contributed by atoms with Gasteiger partial charge in [0.1, 0.15) is 6.10 Å². The first kappa shape index (κ1) is 10.2. The van der Waals surface area contributed by atoms with Crippen LogP contribution < -0.4 is 0 Å². The minimum atomic E-state index is -3.36. The second kappa shape index (κ2) is 4.12. The maximum atomic E-state index is 8.64. The van der Waals surface area contributed by atoms with Gasteiger partial charge in [-0.25, -0.2) is 4.89 Å². The quantitative estimate of drug-likeness (QED) is 0.210. The summed E-state index contributed by atoms with van der Waals surface area (Å²) in [4.78, 5) is 20.9. The molecule has 0 heterocycles. The number of hydrogen-bond acceptors (Lipinski definition) is 4. The van der Waals surface area contributed by atoms with E-state index < -0.39 is 12.6 Å². The zero-order chi connectivity index (χ0) is 8.20. The first-order chi connectivity index (χ1) is 4.49. The Labute approximate surface area is 62.9 Å². The molecule has 0 fully saturated rings. The van der Waals surface area contributed by atoms with Gasteiger partial charge in [-0.1, -0.05) is 0 Å². The lowest BCUT2D eigenvalue weighted by Gasteiger charge is -2.10. The van der Waals surface area contributed by atoms with E-state index in [0.717, 1.165) is 6.21 Å². The van der Waals surface area contributed by atoms with Gasteiger partial charge in [-0.15, -0.1) is 0 Å². The van der Waals surface area contributed by atoms with Gasteiger partial charge in [-0.05, 0) is 11.8 Å². The summed E-state index contributed by atoms with van der Waals surface area (Å²) in [5, 5.41) is 14.6. The van der Waals surface area contributed by atoms with E-state index in [-0.39, 0.29) is 6.16 Å². The van der Waals surface area contributed by atoms with Gasteiger partial charge in [0.05, 0.1) is 6.16 Å². The predicted octanol–water partition coefficient (Wildman–Crippen LogP) is -0.212. The van der Waals surface area contributed by atoms with E-state index in [1.807, 2.05) is 0 Å². The highest BCUT2D eigenvalue weighted by atomic mass is 32.5. The first-order valence-electron chi connectivity index (χ1n) is 2.35. The van der Waals surface area contributed by atoms with Gasteiger partial charge >= 0.3 is 0 Å².